The molecule has 1 rings (SSSR count). The molecule has 0 aromatic heterocycles. The van der Waals surface area contributed by atoms with Gasteiger partial charge in [0, 0.05) is 26.7 Å². The zero-order chi connectivity index (χ0) is 23.8. The first-order valence-electron chi connectivity index (χ1n) is 9.68. The number of esters is 2. The van der Waals surface area contributed by atoms with Crippen LogP contribution in [0.4, 0.5) is 4.79 Å². The van der Waals surface area contributed by atoms with Crippen LogP contribution in [0.1, 0.15) is 46.6 Å². The van der Waals surface area contributed by atoms with Crippen LogP contribution in [0, 0.1) is 5.92 Å². The predicted molar refractivity (Wildman–Crippen MR) is 109 cm³/mol. The van der Waals surface area contributed by atoms with Gasteiger partial charge in [0.05, 0.1) is 6.61 Å². The molecule has 31 heavy (non-hydrogen) atoms. The van der Waals surface area contributed by atoms with Crippen molar-refractivity contribution in [1.82, 2.24) is 0 Å². The van der Waals surface area contributed by atoms with Crippen LogP contribution in [0.3, 0.4) is 0 Å². The van der Waals surface area contributed by atoms with E-state index in [0.717, 1.165) is 0 Å². The number of hydrogen-bond donors (Lipinski definition) is 2. The van der Waals surface area contributed by atoms with E-state index in [1.165, 1.54) is 39.0 Å². The van der Waals surface area contributed by atoms with Crippen LogP contribution in [0.25, 0.3) is 0 Å². The molecule has 0 spiro atoms. The van der Waals surface area contributed by atoms with Gasteiger partial charge >= 0.3 is 24.1 Å². The molecule has 0 bridgehead atoms. The fourth-order valence-electron chi connectivity index (χ4n) is 2.72. The molecule has 1 unspecified atom stereocenters. The maximum absolute atomic E-state index is 11.9. The largest absolute Gasteiger partial charge is 0.508 e. The smallest absolute Gasteiger partial charge is 0.480 e. The van der Waals surface area contributed by atoms with Gasteiger partial charge in [-0.05, 0) is 30.5 Å². The fraction of sp³-hybridized carbons (Fsp3) is 0.524. The van der Waals surface area contributed by atoms with Gasteiger partial charge in [-0.1, -0.05) is 19.9 Å². The number of nitrogens with two attached hydrogens (primary N) is 1. The number of benzene rings is 1. The summed E-state index contributed by atoms with van der Waals surface area (Å²) in [6.07, 6.45) is -2.12. The van der Waals surface area contributed by atoms with Gasteiger partial charge in [-0.2, -0.15) is 0 Å². The first-order valence-corrected chi connectivity index (χ1v) is 9.68. The van der Waals surface area contributed by atoms with Crippen molar-refractivity contribution in [2.45, 2.75) is 59.1 Å². The molecule has 10 nitrogen and oxygen atoms in total. The number of carbonyl (C=O) groups is 4. The third kappa shape index (κ3) is 9.04. The summed E-state index contributed by atoms with van der Waals surface area (Å²) in [5, 5.41) is 9.69. The Kier molecular flexibility index (Phi) is 9.44. The lowest BCUT2D eigenvalue weighted by atomic mass is 9.86. The van der Waals surface area contributed by atoms with Gasteiger partial charge in [0.1, 0.15) is 11.6 Å². The quantitative estimate of drug-likeness (QED) is 0.411. The Morgan fingerprint density at radius 1 is 1.03 bits per heavy atom. The van der Waals surface area contributed by atoms with E-state index in [9.17, 15) is 24.3 Å². The van der Waals surface area contributed by atoms with E-state index in [0.29, 0.717) is 5.56 Å². The number of hydrogen-bond acceptors (Lipinski definition) is 9. The first kappa shape index (κ1) is 25.9. The topological polar surface area (TPSA) is 151 Å². The van der Waals surface area contributed by atoms with Gasteiger partial charge in [-0.15, -0.1) is 0 Å². The molecule has 172 valence electrons. The summed E-state index contributed by atoms with van der Waals surface area (Å²) >= 11 is 0. The van der Waals surface area contributed by atoms with Crippen LogP contribution in [-0.4, -0.2) is 47.4 Å². The number of aliphatic carboxylic acids is 1. The number of carboxylic acids is 1. The van der Waals surface area contributed by atoms with Crippen molar-refractivity contribution >= 4 is 24.1 Å². The molecule has 3 N–H and O–H groups in total. The molecule has 1 aromatic rings. The van der Waals surface area contributed by atoms with Crippen LogP contribution in [-0.2, 0) is 30.3 Å². The fourth-order valence-corrected chi connectivity index (χ4v) is 2.72. The summed E-state index contributed by atoms with van der Waals surface area (Å²) in [6, 6.07) is 4.24. The highest BCUT2D eigenvalue weighted by molar-refractivity contribution is 5.79. The zero-order valence-corrected chi connectivity index (χ0v) is 18.3. The highest BCUT2D eigenvalue weighted by Crippen LogP contribution is 2.31. The predicted octanol–water partition coefficient (Wildman–Crippen LogP) is 2.45. The van der Waals surface area contributed by atoms with Crippen molar-refractivity contribution in [3.63, 3.8) is 0 Å². The third-order valence-electron chi connectivity index (χ3n) is 3.94. The van der Waals surface area contributed by atoms with Crippen LogP contribution in [0.15, 0.2) is 18.2 Å². The SMILES string of the molecule is CC(=O)Oc1ccc(CC(N)(C[C@H](C)OC(=O)OCC(C)C)C(=O)O)cc1OC(C)=O. The van der Waals surface area contributed by atoms with Gasteiger partial charge in [-0.25, -0.2) is 4.79 Å². The van der Waals surface area contributed by atoms with Crippen molar-refractivity contribution in [1.29, 1.82) is 0 Å². The van der Waals surface area contributed by atoms with Crippen molar-refractivity contribution in [2.75, 3.05) is 6.61 Å². The molecule has 0 saturated heterocycles. The van der Waals surface area contributed by atoms with Crippen molar-refractivity contribution in [2.24, 2.45) is 11.7 Å². The molecule has 0 radical (unpaired) electrons. The van der Waals surface area contributed by atoms with E-state index >= 15 is 0 Å². The minimum absolute atomic E-state index is 0.00833. The zero-order valence-electron chi connectivity index (χ0n) is 18.3. The molecule has 1 aromatic carbocycles. The van der Waals surface area contributed by atoms with E-state index < -0.39 is 35.7 Å². The number of rotatable bonds is 10. The van der Waals surface area contributed by atoms with Gasteiger partial charge in [0.25, 0.3) is 0 Å². The lowest BCUT2D eigenvalue weighted by Gasteiger charge is -2.28. The van der Waals surface area contributed by atoms with Crippen LogP contribution >= 0.6 is 0 Å². The Labute approximate surface area is 180 Å². The highest BCUT2D eigenvalue weighted by Gasteiger charge is 2.37. The van der Waals surface area contributed by atoms with Gasteiger partial charge < -0.3 is 29.8 Å². The summed E-state index contributed by atoms with van der Waals surface area (Å²) < 4.78 is 20.1. The summed E-state index contributed by atoms with van der Waals surface area (Å²) in [5.74, 6) is -2.49. The van der Waals surface area contributed by atoms with E-state index in [2.05, 4.69) is 0 Å². The third-order valence-corrected chi connectivity index (χ3v) is 3.94. The summed E-state index contributed by atoms with van der Waals surface area (Å²) in [5.41, 5.74) is 4.73. The lowest BCUT2D eigenvalue weighted by molar-refractivity contribution is -0.144. The summed E-state index contributed by atoms with van der Waals surface area (Å²) in [6.45, 7) is 7.77. The average Bonchev–Trinajstić information content (AvgIpc) is 2.61. The standard InChI is InChI=1S/C21H29NO9/c1-12(2)11-28-20(27)29-13(3)9-21(22,19(25)26)10-16-6-7-17(30-14(4)23)18(8-16)31-15(5)24/h6-8,12-13H,9-11,22H2,1-5H3,(H,25,26)/t13-,21?/m0/s1. The van der Waals surface area contributed by atoms with Crippen LogP contribution in [0.2, 0.25) is 0 Å². The molecule has 0 heterocycles. The van der Waals surface area contributed by atoms with Gasteiger partial charge in [0.15, 0.2) is 11.5 Å². The maximum Gasteiger partial charge on any atom is 0.508 e. The van der Waals surface area contributed by atoms with E-state index in [4.69, 9.17) is 24.7 Å². The average molecular weight is 439 g/mol. The lowest BCUT2D eigenvalue weighted by Crippen LogP contribution is -2.52. The molecule has 0 aliphatic heterocycles. The molecule has 0 saturated carbocycles. The number of ether oxygens (including phenoxy) is 4. The molecule has 0 aliphatic carbocycles. The second-order valence-electron chi connectivity index (χ2n) is 7.69. The van der Waals surface area contributed by atoms with Crippen molar-refractivity contribution in [3.05, 3.63) is 23.8 Å². The second kappa shape index (κ2) is 11.3. The summed E-state index contributed by atoms with van der Waals surface area (Å²) in [7, 11) is 0. The number of carbonyl (C=O) groups excluding carboxylic acids is 3. The van der Waals surface area contributed by atoms with Crippen LogP contribution in [0.5, 0.6) is 11.5 Å². The van der Waals surface area contributed by atoms with E-state index in [1.54, 1.807) is 0 Å². The Hall–Kier alpha value is -3.14. The maximum atomic E-state index is 11.9. The Morgan fingerprint density at radius 3 is 2.13 bits per heavy atom. The number of carboxylic acid groups (broad SMARTS) is 1. The Morgan fingerprint density at radius 2 is 1.61 bits per heavy atom. The summed E-state index contributed by atoms with van der Waals surface area (Å²) in [4.78, 5) is 46.2. The Bertz CT molecular complexity index is 821. The molecule has 0 fully saturated rings. The monoisotopic (exact) mass is 439 g/mol. The molecular weight excluding hydrogens is 410 g/mol. The molecule has 0 amide bonds. The molecular formula is C21H29NO9. The van der Waals surface area contributed by atoms with Gasteiger partial charge in [-0.3, -0.25) is 14.4 Å². The minimum atomic E-state index is -1.80. The van der Waals surface area contributed by atoms with Crippen molar-refractivity contribution in [3.8, 4) is 11.5 Å². The van der Waals surface area contributed by atoms with E-state index in [-0.39, 0.29) is 36.9 Å². The normalized spacial score (nSPS) is 13.6. The van der Waals surface area contributed by atoms with E-state index in [1.807, 2.05) is 13.8 Å². The van der Waals surface area contributed by atoms with Crippen LogP contribution < -0.4 is 15.2 Å². The first-order chi connectivity index (χ1) is 14.3. The molecule has 0 aliphatic rings. The van der Waals surface area contributed by atoms with Gasteiger partial charge in [0.2, 0.25) is 0 Å². The molecule has 10 heteroatoms. The molecule has 2 atom stereocenters. The second-order valence-corrected chi connectivity index (χ2v) is 7.69. The Balaban J connectivity index is 3.00. The highest BCUT2D eigenvalue weighted by atomic mass is 16.7. The minimum Gasteiger partial charge on any atom is -0.480 e. The van der Waals surface area contributed by atoms with Crippen molar-refractivity contribution < 1.29 is 43.2 Å².